The number of pyridine rings is 1. The summed E-state index contributed by atoms with van der Waals surface area (Å²) in [5.41, 5.74) is 0.886. The lowest BCUT2D eigenvalue weighted by atomic mass is 9.93. The van der Waals surface area contributed by atoms with E-state index in [0.29, 0.717) is 0 Å². The maximum atomic E-state index is 5.84. The average molecular weight is 315 g/mol. The number of halogens is 1. The monoisotopic (exact) mass is 314 g/mol. The quantitative estimate of drug-likeness (QED) is 0.839. The number of hydrogen-bond donors (Lipinski definition) is 1. The normalized spacial score (nSPS) is 13.6. The summed E-state index contributed by atoms with van der Waals surface area (Å²) < 4.78 is 6.85. The Morgan fingerprint density at radius 3 is 2.61 bits per heavy atom. The smallest absolute Gasteiger partial charge is 0.0782 e. The highest BCUT2D eigenvalue weighted by Gasteiger charge is 2.29. The van der Waals surface area contributed by atoms with E-state index >= 15 is 0 Å². The van der Waals surface area contributed by atoms with E-state index in [1.165, 1.54) is 0 Å². The lowest BCUT2D eigenvalue weighted by Crippen LogP contribution is -2.50. The summed E-state index contributed by atoms with van der Waals surface area (Å²) in [5, 5.41) is 3.49. The maximum Gasteiger partial charge on any atom is 0.0782 e. The molecule has 0 saturated heterocycles. The molecule has 0 radical (unpaired) electrons. The lowest BCUT2D eigenvalue weighted by molar-refractivity contribution is -0.0379. The first-order valence-electron chi connectivity index (χ1n) is 6.47. The molecular formula is C14H23BrN2O. The standard InChI is InChI=1S/C14H23BrN2O/c1-5-16-13(14(3,4)18-6-2)9-12-8-7-11(15)10-17-12/h7-8,10,13,16H,5-6,9H2,1-4H3. The molecule has 102 valence electrons. The molecule has 4 heteroatoms. The Labute approximate surface area is 118 Å². The van der Waals surface area contributed by atoms with Crippen molar-refractivity contribution in [3.05, 3.63) is 28.5 Å². The first kappa shape index (κ1) is 15.6. The van der Waals surface area contributed by atoms with Crippen molar-refractivity contribution in [2.75, 3.05) is 13.2 Å². The molecule has 1 unspecified atom stereocenters. The van der Waals surface area contributed by atoms with Crippen molar-refractivity contribution in [2.45, 2.75) is 45.8 Å². The van der Waals surface area contributed by atoms with E-state index < -0.39 is 0 Å². The van der Waals surface area contributed by atoms with Crippen LogP contribution in [0.5, 0.6) is 0 Å². The van der Waals surface area contributed by atoms with Crippen LogP contribution in [-0.2, 0) is 11.2 Å². The van der Waals surface area contributed by atoms with Gasteiger partial charge in [0.25, 0.3) is 0 Å². The van der Waals surface area contributed by atoms with Crippen molar-refractivity contribution in [2.24, 2.45) is 0 Å². The van der Waals surface area contributed by atoms with Crippen molar-refractivity contribution in [1.82, 2.24) is 10.3 Å². The Kier molecular flexibility index (Phi) is 6.26. The molecule has 0 spiro atoms. The zero-order valence-corrected chi connectivity index (χ0v) is 13.3. The fourth-order valence-corrected chi connectivity index (χ4v) is 2.25. The Morgan fingerprint density at radius 1 is 1.39 bits per heavy atom. The summed E-state index contributed by atoms with van der Waals surface area (Å²) in [5.74, 6) is 0. The summed E-state index contributed by atoms with van der Waals surface area (Å²) in [4.78, 5) is 4.43. The SMILES string of the molecule is CCNC(Cc1ccc(Br)cn1)C(C)(C)OCC. The number of nitrogens with one attached hydrogen (secondary N) is 1. The topological polar surface area (TPSA) is 34.2 Å². The summed E-state index contributed by atoms with van der Waals surface area (Å²) in [6.45, 7) is 10.1. The molecular weight excluding hydrogens is 292 g/mol. The van der Waals surface area contributed by atoms with Gasteiger partial charge in [0, 0.05) is 35.4 Å². The molecule has 1 N–H and O–H groups in total. The van der Waals surface area contributed by atoms with Crippen LogP contribution in [0.3, 0.4) is 0 Å². The van der Waals surface area contributed by atoms with Gasteiger partial charge in [0.05, 0.1) is 5.60 Å². The average Bonchev–Trinajstić information content (AvgIpc) is 2.31. The van der Waals surface area contributed by atoms with Crippen LogP contribution in [0.15, 0.2) is 22.8 Å². The van der Waals surface area contributed by atoms with Gasteiger partial charge in [-0.15, -0.1) is 0 Å². The van der Waals surface area contributed by atoms with Crippen molar-refractivity contribution in [3.63, 3.8) is 0 Å². The van der Waals surface area contributed by atoms with Crippen LogP contribution in [0.4, 0.5) is 0 Å². The number of hydrogen-bond acceptors (Lipinski definition) is 3. The molecule has 1 aromatic heterocycles. The molecule has 3 nitrogen and oxygen atoms in total. The van der Waals surface area contributed by atoms with E-state index in [4.69, 9.17) is 4.74 Å². The Balaban J connectivity index is 2.76. The minimum absolute atomic E-state index is 0.195. The predicted molar refractivity (Wildman–Crippen MR) is 78.8 cm³/mol. The van der Waals surface area contributed by atoms with Gasteiger partial charge in [0.1, 0.15) is 0 Å². The fourth-order valence-electron chi connectivity index (χ4n) is 2.02. The molecule has 1 aromatic rings. The maximum absolute atomic E-state index is 5.84. The van der Waals surface area contributed by atoms with Crippen LogP contribution in [0.25, 0.3) is 0 Å². The molecule has 0 saturated carbocycles. The molecule has 0 aliphatic heterocycles. The van der Waals surface area contributed by atoms with Gasteiger partial charge < -0.3 is 10.1 Å². The molecule has 0 aliphatic carbocycles. The molecule has 0 aromatic carbocycles. The number of aromatic nitrogens is 1. The minimum atomic E-state index is -0.195. The summed E-state index contributed by atoms with van der Waals surface area (Å²) in [7, 11) is 0. The second-order valence-corrected chi connectivity index (χ2v) is 5.73. The highest BCUT2D eigenvalue weighted by atomic mass is 79.9. The highest BCUT2D eigenvalue weighted by molar-refractivity contribution is 9.10. The first-order valence-corrected chi connectivity index (χ1v) is 7.26. The Bertz CT molecular complexity index is 351. The summed E-state index contributed by atoms with van der Waals surface area (Å²) in [6, 6.07) is 4.34. The summed E-state index contributed by atoms with van der Waals surface area (Å²) in [6.07, 6.45) is 2.71. The van der Waals surface area contributed by atoms with Crippen LogP contribution < -0.4 is 5.32 Å². The molecule has 1 atom stereocenters. The molecule has 0 bridgehead atoms. The van der Waals surface area contributed by atoms with Crippen molar-refractivity contribution >= 4 is 15.9 Å². The molecule has 18 heavy (non-hydrogen) atoms. The lowest BCUT2D eigenvalue weighted by Gasteiger charge is -2.34. The van der Waals surface area contributed by atoms with Crippen molar-refractivity contribution in [3.8, 4) is 0 Å². The van der Waals surface area contributed by atoms with E-state index in [0.717, 1.165) is 29.7 Å². The van der Waals surface area contributed by atoms with Gasteiger partial charge in [-0.2, -0.15) is 0 Å². The molecule has 1 rings (SSSR count). The zero-order valence-electron chi connectivity index (χ0n) is 11.7. The Morgan fingerprint density at radius 2 is 2.11 bits per heavy atom. The van der Waals surface area contributed by atoms with E-state index in [2.05, 4.69) is 53.1 Å². The van der Waals surface area contributed by atoms with Gasteiger partial charge in [-0.3, -0.25) is 4.98 Å². The summed E-state index contributed by atoms with van der Waals surface area (Å²) >= 11 is 3.40. The van der Waals surface area contributed by atoms with Gasteiger partial charge in [0.15, 0.2) is 0 Å². The van der Waals surface area contributed by atoms with Crippen LogP contribution in [0, 0.1) is 0 Å². The highest BCUT2D eigenvalue weighted by Crippen LogP contribution is 2.19. The van der Waals surface area contributed by atoms with E-state index in [9.17, 15) is 0 Å². The molecule has 1 heterocycles. The number of rotatable bonds is 7. The van der Waals surface area contributed by atoms with Crippen LogP contribution in [-0.4, -0.2) is 29.8 Å². The van der Waals surface area contributed by atoms with Crippen LogP contribution >= 0.6 is 15.9 Å². The third kappa shape index (κ3) is 4.67. The second kappa shape index (κ2) is 7.22. The van der Waals surface area contributed by atoms with E-state index in [-0.39, 0.29) is 11.6 Å². The number of ether oxygens (including phenoxy) is 1. The van der Waals surface area contributed by atoms with Gasteiger partial charge in [-0.1, -0.05) is 6.92 Å². The minimum Gasteiger partial charge on any atom is -0.374 e. The first-order chi connectivity index (χ1) is 8.49. The fraction of sp³-hybridized carbons (Fsp3) is 0.643. The van der Waals surface area contributed by atoms with Gasteiger partial charge in [-0.05, 0) is 55.4 Å². The van der Waals surface area contributed by atoms with Gasteiger partial charge in [0.2, 0.25) is 0 Å². The Hall–Kier alpha value is -0.450. The molecule has 0 aliphatic rings. The number of nitrogens with zero attached hydrogens (tertiary/aromatic N) is 1. The second-order valence-electron chi connectivity index (χ2n) is 4.82. The van der Waals surface area contributed by atoms with Gasteiger partial charge in [-0.25, -0.2) is 0 Å². The van der Waals surface area contributed by atoms with Crippen LogP contribution in [0.1, 0.15) is 33.4 Å². The predicted octanol–water partition coefficient (Wildman–Crippen LogP) is 3.18. The van der Waals surface area contributed by atoms with Crippen LogP contribution in [0.2, 0.25) is 0 Å². The molecule has 0 fully saturated rings. The largest absolute Gasteiger partial charge is 0.374 e. The molecule has 0 amide bonds. The van der Waals surface area contributed by atoms with Crippen molar-refractivity contribution < 1.29 is 4.74 Å². The zero-order chi connectivity index (χ0) is 13.6. The third-order valence-electron chi connectivity index (χ3n) is 3.01. The van der Waals surface area contributed by atoms with E-state index in [1.807, 2.05) is 19.2 Å². The van der Waals surface area contributed by atoms with Crippen molar-refractivity contribution in [1.29, 1.82) is 0 Å². The van der Waals surface area contributed by atoms with Gasteiger partial charge >= 0.3 is 0 Å². The number of likely N-dealkylation sites (N-methyl/N-ethyl adjacent to an activating group) is 1. The third-order valence-corrected chi connectivity index (χ3v) is 3.48. The van der Waals surface area contributed by atoms with E-state index in [1.54, 1.807) is 0 Å².